The van der Waals surface area contributed by atoms with Gasteiger partial charge in [0.1, 0.15) is 12.6 Å². The monoisotopic (exact) mass is 197 g/mol. The van der Waals surface area contributed by atoms with Crippen molar-refractivity contribution in [2.24, 2.45) is 5.92 Å². The van der Waals surface area contributed by atoms with Gasteiger partial charge in [-0.15, -0.1) is 0 Å². The third kappa shape index (κ3) is 3.47. The highest BCUT2D eigenvalue weighted by molar-refractivity contribution is 4.91. The van der Waals surface area contributed by atoms with Gasteiger partial charge in [-0.3, -0.25) is 0 Å². The van der Waals surface area contributed by atoms with Crippen molar-refractivity contribution >= 4 is 0 Å². The molecule has 0 spiro atoms. The summed E-state index contributed by atoms with van der Waals surface area (Å²) < 4.78 is 7.04. The van der Waals surface area contributed by atoms with E-state index in [2.05, 4.69) is 24.1 Å². The number of imidazole rings is 1. The highest BCUT2D eigenvalue weighted by Gasteiger charge is 2.01. The molecule has 0 saturated carbocycles. The van der Waals surface area contributed by atoms with Crippen LogP contribution in [0.5, 0.6) is 0 Å². The Morgan fingerprint density at radius 1 is 1.57 bits per heavy atom. The van der Waals surface area contributed by atoms with Crippen molar-refractivity contribution in [2.45, 2.75) is 27.1 Å². The maximum atomic E-state index is 5.05. The van der Waals surface area contributed by atoms with Crippen LogP contribution in [0.2, 0.25) is 0 Å². The lowest BCUT2D eigenvalue weighted by molar-refractivity contribution is 0.128. The van der Waals surface area contributed by atoms with Crippen LogP contribution in [0.15, 0.2) is 12.4 Å². The van der Waals surface area contributed by atoms with E-state index in [1.54, 1.807) is 13.3 Å². The minimum absolute atomic E-state index is 0.568. The number of methoxy groups -OCH3 is 1. The number of nitrogens with zero attached hydrogens (tertiary/aromatic N) is 2. The minimum atomic E-state index is 0.568. The van der Waals surface area contributed by atoms with Crippen LogP contribution < -0.4 is 5.32 Å². The summed E-state index contributed by atoms with van der Waals surface area (Å²) in [5.74, 6) is 1.69. The predicted molar refractivity (Wildman–Crippen MR) is 55.8 cm³/mol. The number of aromatic nitrogens is 2. The van der Waals surface area contributed by atoms with Gasteiger partial charge in [0, 0.05) is 19.5 Å². The number of rotatable bonds is 6. The third-order valence-electron chi connectivity index (χ3n) is 1.91. The predicted octanol–water partition coefficient (Wildman–Crippen LogP) is 1.23. The standard InChI is InChI=1S/C10H19N3O/c1-9(2)6-11-7-10-12-4-5-13(10)8-14-3/h4-5,9,11H,6-8H2,1-3H3. The summed E-state index contributed by atoms with van der Waals surface area (Å²) in [6, 6.07) is 0. The van der Waals surface area contributed by atoms with E-state index in [0.29, 0.717) is 12.6 Å². The Kier molecular flexibility index (Phi) is 4.62. The van der Waals surface area contributed by atoms with E-state index in [-0.39, 0.29) is 0 Å². The topological polar surface area (TPSA) is 39.1 Å². The molecule has 80 valence electrons. The number of ether oxygens (including phenoxy) is 1. The average molecular weight is 197 g/mol. The summed E-state index contributed by atoms with van der Waals surface area (Å²) >= 11 is 0. The van der Waals surface area contributed by atoms with Crippen molar-refractivity contribution in [3.63, 3.8) is 0 Å². The first kappa shape index (κ1) is 11.2. The molecule has 0 saturated heterocycles. The molecule has 4 nitrogen and oxygen atoms in total. The molecule has 4 heteroatoms. The van der Waals surface area contributed by atoms with Crippen molar-refractivity contribution < 1.29 is 4.74 Å². The van der Waals surface area contributed by atoms with Gasteiger partial charge in [-0.25, -0.2) is 4.98 Å². The molecule has 0 unspecified atom stereocenters. The van der Waals surface area contributed by atoms with E-state index in [1.165, 1.54) is 0 Å². The largest absolute Gasteiger partial charge is 0.364 e. The second-order valence-electron chi connectivity index (χ2n) is 3.76. The molecule has 0 fully saturated rings. The normalized spacial score (nSPS) is 11.1. The first-order valence-electron chi connectivity index (χ1n) is 4.93. The number of nitrogens with one attached hydrogen (secondary N) is 1. The maximum absolute atomic E-state index is 5.05. The highest BCUT2D eigenvalue weighted by atomic mass is 16.5. The van der Waals surface area contributed by atoms with Crippen molar-refractivity contribution in [2.75, 3.05) is 13.7 Å². The summed E-state index contributed by atoms with van der Waals surface area (Å²) in [7, 11) is 1.69. The van der Waals surface area contributed by atoms with E-state index < -0.39 is 0 Å². The number of hydrogen-bond donors (Lipinski definition) is 1. The first-order valence-corrected chi connectivity index (χ1v) is 4.93. The quantitative estimate of drug-likeness (QED) is 0.745. The van der Waals surface area contributed by atoms with Crippen LogP contribution >= 0.6 is 0 Å². The van der Waals surface area contributed by atoms with Gasteiger partial charge < -0.3 is 14.6 Å². The molecule has 14 heavy (non-hydrogen) atoms. The molecule has 1 N–H and O–H groups in total. The molecule has 1 heterocycles. The molecule has 1 rings (SSSR count). The molecule has 1 aromatic rings. The summed E-state index contributed by atoms with van der Waals surface area (Å²) in [5.41, 5.74) is 0. The third-order valence-corrected chi connectivity index (χ3v) is 1.91. The summed E-state index contributed by atoms with van der Waals surface area (Å²) in [6.07, 6.45) is 3.72. The van der Waals surface area contributed by atoms with Crippen LogP contribution in [0.1, 0.15) is 19.7 Å². The zero-order chi connectivity index (χ0) is 10.4. The second kappa shape index (κ2) is 5.78. The summed E-state index contributed by atoms with van der Waals surface area (Å²) in [4.78, 5) is 4.25. The lowest BCUT2D eigenvalue weighted by Gasteiger charge is -2.09. The molecule has 0 amide bonds. The molecule has 0 aliphatic heterocycles. The van der Waals surface area contributed by atoms with Gasteiger partial charge in [-0.1, -0.05) is 13.8 Å². The molecular weight excluding hydrogens is 178 g/mol. The fraction of sp³-hybridized carbons (Fsp3) is 0.700. The Morgan fingerprint density at radius 2 is 2.36 bits per heavy atom. The Labute approximate surface area is 85.3 Å². The zero-order valence-corrected chi connectivity index (χ0v) is 9.16. The summed E-state index contributed by atoms with van der Waals surface area (Å²) in [5, 5.41) is 3.35. The van der Waals surface area contributed by atoms with Crippen LogP contribution in [-0.4, -0.2) is 23.2 Å². The first-order chi connectivity index (χ1) is 6.74. The van der Waals surface area contributed by atoms with Gasteiger partial charge in [0.05, 0.1) is 6.54 Å². The molecule has 0 bridgehead atoms. The van der Waals surface area contributed by atoms with Crippen LogP contribution in [0.4, 0.5) is 0 Å². The van der Waals surface area contributed by atoms with E-state index in [0.717, 1.165) is 18.9 Å². The Bertz CT molecular complexity index is 258. The van der Waals surface area contributed by atoms with Crippen molar-refractivity contribution in [1.82, 2.24) is 14.9 Å². The van der Waals surface area contributed by atoms with Gasteiger partial charge in [0.2, 0.25) is 0 Å². The fourth-order valence-electron chi connectivity index (χ4n) is 1.24. The molecule has 1 aromatic heterocycles. The van der Waals surface area contributed by atoms with Gasteiger partial charge in [-0.2, -0.15) is 0 Å². The van der Waals surface area contributed by atoms with Crippen molar-refractivity contribution in [3.05, 3.63) is 18.2 Å². The molecule has 0 aliphatic rings. The van der Waals surface area contributed by atoms with Crippen LogP contribution in [0.3, 0.4) is 0 Å². The van der Waals surface area contributed by atoms with Crippen molar-refractivity contribution in [1.29, 1.82) is 0 Å². The van der Waals surface area contributed by atoms with E-state index >= 15 is 0 Å². The van der Waals surface area contributed by atoms with Crippen molar-refractivity contribution in [3.8, 4) is 0 Å². The average Bonchev–Trinajstić information content (AvgIpc) is 2.53. The minimum Gasteiger partial charge on any atom is -0.364 e. The Balaban J connectivity index is 2.37. The smallest absolute Gasteiger partial charge is 0.124 e. The Hall–Kier alpha value is -0.870. The van der Waals surface area contributed by atoms with Gasteiger partial charge >= 0.3 is 0 Å². The zero-order valence-electron chi connectivity index (χ0n) is 9.16. The lowest BCUT2D eigenvalue weighted by Crippen LogP contribution is -2.21. The van der Waals surface area contributed by atoms with E-state index in [9.17, 15) is 0 Å². The van der Waals surface area contributed by atoms with Gasteiger partial charge in [0.25, 0.3) is 0 Å². The van der Waals surface area contributed by atoms with Gasteiger partial charge in [-0.05, 0) is 12.5 Å². The molecule has 0 aromatic carbocycles. The van der Waals surface area contributed by atoms with Crippen LogP contribution in [0, 0.1) is 5.92 Å². The second-order valence-corrected chi connectivity index (χ2v) is 3.76. The molecule has 0 aliphatic carbocycles. The highest BCUT2D eigenvalue weighted by Crippen LogP contribution is 1.98. The molecular formula is C10H19N3O. The number of hydrogen-bond acceptors (Lipinski definition) is 3. The Morgan fingerprint density at radius 3 is 3.00 bits per heavy atom. The van der Waals surface area contributed by atoms with E-state index in [4.69, 9.17) is 4.74 Å². The van der Waals surface area contributed by atoms with E-state index in [1.807, 2.05) is 10.8 Å². The van der Waals surface area contributed by atoms with Gasteiger partial charge in [0.15, 0.2) is 0 Å². The summed E-state index contributed by atoms with van der Waals surface area (Å²) in [6.45, 7) is 6.76. The molecule has 0 radical (unpaired) electrons. The van der Waals surface area contributed by atoms with Crippen LogP contribution in [0.25, 0.3) is 0 Å². The van der Waals surface area contributed by atoms with Crippen LogP contribution in [-0.2, 0) is 18.0 Å². The fourth-order valence-corrected chi connectivity index (χ4v) is 1.24. The SMILES string of the molecule is COCn1ccnc1CNCC(C)C. The maximum Gasteiger partial charge on any atom is 0.124 e. The lowest BCUT2D eigenvalue weighted by atomic mass is 10.2. The molecule has 0 atom stereocenters.